The van der Waals surface area contributed by atoms with Crippen LogP contribution in [0.25, 0.3) is 0 Å². The maximum Gasteiger partial charge on any atom is 0.416 e. The number of carbonyl (C=O) groups is 1. The molecule has 0 aromatic heterocycles. The molecule has 0 aliphatic rings. The molecule has 11 heteroatoms. The standard InChI is InChI=1S/C18H19F3N2O5S/c1-27-9-10-28-15-7-5-14(6-8-15)23-17(24)12-22-29(25,26)16-4-2-3-13(11-16)18(19,20)21/h2-8,11,22H,9-10,12H2,1H3,(H,23,24). The van der Waals surface area contributed by atoms with Gasteiger partial charge in [0.2, 0.25) is 15.9 Å². The molecule has 0 saturated heterocycles. The van der Waals surface area contributed by atoms with E-state index in [1.807, 2.05) is 4.72 Å². The molecule has 1 amide bonds. The van der Waals surface area contributed by atoms with Gasteiger partial charge in [-0.15, -0.1) is 0 Å². The van der Waals surface area contributed by atoms with E-state index in [1.54, 1.807) is 31.4 Å². The van der Waals surface area contributed by atoms with Crippen molar-refractivity contribution in [2.24, 2.45) is 0 Å². The smallest absolute Gasteiger partial charge is 0.416 e. The van der Waals surface area contributed by atoms with Crippen LogP contribution < -0.4 is 14.8 Å². The van der Waals surface area contributed by atoms with Gasteiger partial charge in [-0.3, -0.25) is 4.79 Å². The van der Waals surface area contributed by atoms with Crippen LogP contribution >= 0.6 is 0 Å². The van der Waals surface area contributed by atoms with Crippen LogP contribution in [0.1, 0.15) is 5.56 Å². The van der Waals surface area contributed by atoms with Crippen molar-refractivity contribution in [3.63, 3.8) is 0 Å². The van der Waals surface area contributed by atoms with E-state index in [2.05, 4.69) is 5.32 Å². The molecule has 2 rings (SSSR count). The summed E-state index contributed by atoms with van der Waals surface area (Å²) in [6.45, 7) is 0.134. The normalized spacial score (nSPS) is 11.9. The van der Waals surface area contributed by atoms with Crippen molar-refractivity contribution < 1.29 is 35.9 Å². The second kappa shape index (κ2) is 9.72. The fourth-order valence-electron chi connectivity index (χ4n) is 2.17. The zero-order chi connectivity index (χ0) is 21.5. The summed E-state index contributed by atoms with van der Waals surface area (Å²) in [5.41, 5.74) is -0.704. The zero-order valence-electron chi connectivity index (χ0n) is 15.3. The molecule has 0 bridgehead atoms. The molecule has 7 nitrogen and oxygen atoms in total. The molecule has 2 aromatic carbocycles. The fraction of sp³-hybridized carbons (Fsp3) is 0.278. The van der Waals surface area contributed by atoms with Crippen molar-refractivity contribution >= 4 is 21.6 Å². The van der Waals surface area contributed by atoms with Crippen molar-refractivity contribution in [1.29, 1.82) is 0 Å². The van der Waals surface area contributed by atoms with Gasteiger partial charge in [0.05, 0.1) is 23.6 Å². The monoisotopic (exact) mass is 432 g/mol. The van der Waals surface area contributed by atoms with Gasteiger partial charge in [0.25, 0.3) is 0 Å². The first-order chi connectivity index (χ1) is 13.6. The van der Waals surface area contributed by atoms with Crippen molar-refractivity contribution in [2.45, 2.75) is 11.1 Å². The SMILES string of the molecule is COCCOc1ccc(NC(=O)CNS(=O)(=O)c2cccc(C(F)(F)F)c2)cc1. The summed E-state index contributed by atoms with van der Waals surface area (Å²) in [4.78, 5) is 11.4. The maximum absolute atomic E-state index is 12.7. The summed E-state index contributed by atoms with van der Waals surface area (Å²) in [5.74, 6) is -0.126. The molecule has 29 heavy (non-hydrogen) atoms. The number of anilines is 1. The Hall–Kier alpha value is -2.63. The van der Waals surface area contributed by atoms with Gasteiger partial charge in [-0.1, -0.05) is 6.07 Å². The van der Waals surface area contributed by atoms with Gasteiger partial charge < -0.3 is 14.8 Å². The summed E-state index contributed by atoms with van der Waals surface area (Å²) in [7, 11) is -2.75. The number of carbonyl (C=O) groups excluding carboxylic acids is 1. The van der Waals surface area contributed by atoms with Gasteiger partial charge in [-0.05, 0) is 42.5 Å². The van der Waals surface area contributed by atoms with E-state index < -0.39 is 39.1 Å². The van der Waals surface area contributed by atoms with E-state index in [4.69, 9.17) is 9.47 Å². The lowest BCUT2D eigenvalue weighted by Crippen LogP contribution is -2.33. The lowest BCUT2D eigenvalue weighted by molar-refractivity contribution is -0.137. The summed E-state index contributed by atoms with van der Waals surface area (Å²) >= 11 is 0. The number of hydrogen-bond donors (Lipinski definition) is 2. The predicted molar refractivity (Wildman–Crippen MR) is 99.1 cm³/mol. The highest BCUT2D eigenvalue weighted by atomic mass is 32.2. The summed E-state index contributed by atoms with van der Waals surface area (Å²) in [5, 5.41) is 2.47. The van der Waals surface area contributed by atoms with Gasteiger partial charge in [-0.2, -0.15) is 13.2 Å². The molecule has 0 spiro atoms. The molecular weight excluding hydrogens is 413 g/mol. The van der Waals surface area contributed by atoms with E-state index in [-0.39, 0.29) is 0 Å². The molecule has 0 unspecified atom stereocenters. The van der Waals surface area contributed by atoms with E-state index >= 15 is 0 Å². The molecule has 0 atom stereocenters. The Labute approximate surface area is 165 Å². The summed E-state index contributed by atoms with van der Waals surface area (Å²) in [6.07, 6.45) is -4.68. The Morgan fingerprint density at radius 2 is 1.76 bits per heavy atom. The highest BCUT2D eigenvalue weighted by molar-refractivity contribution is 7.89. The first kappa shape index (κ1) is 22.7. The van der Waals surface area contributed by atoms with E-state index in [9.17, 15) is 26.4 Å². The lowest BCUT2D eigenvalue weighted by Gasteiger charge is -2.11. The van der Waals surface area contributed by atoms with Crippen LogP contribution in [0.4, 0.5) is 18.9 Å². The number of sulfonamides is 1. The number of amides is 1. The minimum absolute atomic E-state index is 0.361. The van der Waals surface area contributed by atoms with E-state index in [0.29, 0.717) is 30.7 Å². The fourth-order valence-corrected chi connectivity index (χ4v) is 3.19. The van der Waals surface area contributed by atoms with Gasteiger partial charge >= 0.3 is 6.18 Å². The first-order valence-electron chi connectivity index (χ1n) is 8.30. The Morgan fingerprint density at radius 3 is 2.38 bits per heavy atom. The van der Waals surface area contributed by atoms with Gasteiger partial charge in [0.15, 0.2) is 0 Å². The second-order valence-electron chi connectivity index (χ2n) is 5.76. The Bertz CT molecular complexity index is 931. The Kier molecular flexibility index (Phi) is 7.59. The number of nitrogens with one attached hydrogen (secondary N) is 2. The molecule has 0 saturated carbocycles. The minimum Gasteiger partial charge on any atom is -0.491 e. The van der Waals surface area contributed by atoms with Crippen molar-refractivity contribution in [1.82, 2.24) is 4.72 Å². The third-order valence-electron chi connectivity index (χ3n) is 3.59. The summed E-state index contributed by atoms with van der Waals surface area (Å²) < 4.78 is 74.7. The van der Waals surface area contributed by atoms with Crippen LogP contribution in [0.3, 0.4) is 0 Å². The van der Waals surface area contributed by atoms with Crippen LogP contribution in [0.5, 0.6) is 5.75 Å². The lowest BCUT2D eigenvalue weighted by atomic mass is 10.2. The molecule has 2 N–H and O–H groups in total. The van der Waals surface area contributed by atoms with Crippen molar-refractivity contribution in [3.8, 4) is 5.75 Å². The number of hydrogen-bond acceptors (Lipinski definition) is 5. The molecule has 0 aliphatic carbocycles. The van der Waals surface area contributed by atoms with Gasteiger partial charge in [0, 0.05) is 12.8 Å². The third kappa shape index (κ3) is 7.04. The molecule has 2 aromatic rings. The van der Waals surface area contributed by atoms with Crippen LogP contribution in [0.15, 0.2) is 53.4 Å². The molecule has 0 fully saturated rings. The second-order valence-corrected chi connectivity index (χ2v) is 7.53. The molecular formula is C18H19F3N2O5S. The quantitative estimate of drug-likeness (QED) is 0.595. The largest absolute Gasteiger partial charge is 0.491 e. The summed E-state index contributed by atoms with van der Waals surface area (Å²) in [6, 6.07) is 9.58. The third-order valence-corrected chi connectivity index (χ3v) is 4.99. The molecule has 0 radical (unpaired) electrons. The van der Waals surface area contributed by atoms with Crippen LogP contribution in [0, 0.1) is 0 Å². The molecule has 0 aliphatic heterocycles. The predicted octanol–water partition coefficient (Wildman–Crippen LogP) is 2.65. The van der Waals surface area contributed by atoms with E-state index in [0.717, 1.165) is 18.2 Å². The van der Waals surface area contributed by atoms with Crippen LogP contribution in [0.2, 0.25) is 0 Å². The highest BCUT2D eigenvalue weighted by Crippen LogP contribution is 2.30. The Morgan fingerprint density at radius 1 is 1.07 bits per heavy atom. The maximum atomic E-state index is 12.7. The van der Waals surface area contributed by atoms with Gasteiger partial charge in [0.1, 0.15) is 12.4 Å². The topological polar surface area (TPSA) is 93.7 Å². The number of ether oxygens (including phenoxy) is 2. The zero-order valence-corrected chi connectivity index (χ0v) is 16.1. The molecule has 0 heterocycles. The van der Waals surface area contributed by atoms with Crippen LogP contribution in [-0.2, 0) is 25.7 Å². The Balaban J connectivity index is 1.93. The van der Waals surface area contributed by atoms with Crippen molar-refractivity contribution in [3.05, 3.63) is 54.1 Å². The number of benzene rings is 2. The number of rotatable bonds is 9. The number of methoxy groups -OCH3 is 1. The average molecular weight is 432 g/mol. The number of halogens is 3. The highest BCUT2D eigenvalue weighted by Gasteiger charge is 2.31. The van der Waals surface area contributed by atoms with Crippen molar-refractivity contribution in [2.75, 3.05) is 32.2 Å². The average Bonchev–Trinajstić information content (AvgIpc) is 2.67. The van der Waals surface area contributed by atoms with Crippen LogP contribution in [-0.4, -0.2) is 41.2 Å². The minimum atomic E-state index is -4.68. The number of alkyl halides is 3. The molecule has 158 valence electrons. The van der Waals surface area contributed by atoms with Gasteiger partial charge in [-0.25, -0.2) is 13.1 Å². The van der Waals surface area contributed by atoms with E-state index in [1.165, 1.54) is 0 Å². The first-order valence-corrected chi connectivity index (χ1v) is 9.79.